The fourth-order valence-electron chi connectivity index (χ4n) is 9.04. The highest BCUT2D eigenvalue weighted by Crippen LogP contribution is 2.28. The first kappa shape index (κ1) is 57.9. The smallest absolute Gasteiger partial charge is 0.251 e. The van der Waals surface area contributed by atoms with Crippen LogP contribution in [-0.4, -0.2) is 196 Å². The van der Waals surface area contributed by atoms with E-state index in [1.165, 1.54) is 43.3 Å². The number of aliphatic hydroxyl groups excluding tert-OH is 8. The first-order valence-electron chi connectivity index (χ1n) is 24.6. The van der Waals surface area contributed by atoms with Crippen LogP contribution >= 0.6 is 0 Å². The van der Waals surface area contributed by atoms with Gasteiger partial charge in [0.2, 0.25) is 35.4 Å². The van der Waals surface area contributed by atoms with E-state index >= 15 is 0 Å². The molecule has 3 fully saturated rings. The quantitative estimate of drug-likeness (QED) is 0.0786. The molecule has 24 nitrogen and oxygen atoms in total. The Morgan fingerprint density at radius 2 is 1.27 bits per heavy atom. The van der Waals surface area contributed by atoms with Crippen molar-refractivity contribution < 1.29 is 84.3 Å². The van der Waals surface area contributed by atoms with Crippen LogP contribution in [0.25, 0.3) is 0 Å². The number of rotatable bonds is 15. The first-order valence-corrected chi connectivity index (χ1v) is 24.6. The molecular weight excluding hydrogens is 959 g/mol. The third-order valence-electron chi connectivity index (χ3n) is 13.4. The van der Waals surface area contributed by atoms with Gasteiger partial charge in [-0.05, 0) is 62.2 Å². The van der Waals surface area contributed by atoms with Crippen molar-refractivity contribution in [3.8, 4) is 11.5 Å². The van der Waals surface area contributed by atoms with Gasteiger partial charge in [-0.1, -0.05) is 58.1 Å². The lowest BCUT2D eigenvalue weighted by molar-refractivity contribution is -0.148. The van der Waals surface area contributed by atoms with Crippen molar-refractivity contribution in [3.63, 3.8) is 0 Å². The normalized spacial score (nSPS) is 29.6. The molecule has 2 aromatic carbocycles. The Morgan fingerprint density at radius 1 is 0.699 bits per heavy atom. The third kappa shape index (κ3) is 14.8. The van der Waals surface area contributed by atoms with Gasteiger partial charge >= 0.3 is 0 Å². The van der Waals surface area contributed by atoms with Crippen LogP contribution in [0, 0.1) is 5.92 Å². The van der Waals surface area contributed by atoms with Gasteiger partial charge in [-0.3, -0.25) is 33.6 Å². The number of nitrogens with zero attached hydrogens (tertiary/aromatic N) is 2. The fourth-order valence-corrected chi connectivity index (χ4v) is 9.04. The molecule has 5 rings (SSSR count). The summed E-state index contributed by atoms with van der Waals surface area (Å²) in [7, 11) is 0. The summed E-state index contributed by atoms with van der Waals surface area (Å²) in [5.74, 6) is -8.94. The van der Waals surface area contributed by atoms with E-state index in [-0.39, 0.29) is 23.4 Å². The highest BCUT2D eigenvalue weighted by molar-refractivity contribution is 6.00. The topological polar surface area (TPSA) is 377 Å². The van der Waals surface area contributed by atoms with Crippen molar-refractivity contribution >= 4 is 41.4 Å². The standard InChI is InChI=1S/C49H71N7O17/c1-5-6-7-8-9-10-19-73-31-17-13-28(14-18-31)42(65)50-32-21-34(61)45(68)54-47(70)38-39(62)24(2)22-56(38)49(72)36(26(4)58)52-46(69)37(41(64)40(63)27-11-15-29(59)16-12-27)53-44(67)33-20-30(60)23-55(33)48(71)35(25(3)57)51-43(32)66/h11-18,24-26,30,32-41,45,57-64,68H,5-10,19-23H2,1-4H3,(H,50,65)(H,51,66)(H,52,69)(H,53,67)(H,54,70)/t24-,25+,26+,30+,32-,33-,34+,35?,36-,37?,38-,39-,40-,41-,45-/m0/s1. The van der Waals surface area contributed by atoms with Gasteiger partial charge in [-0.2, -0.15) is 0 Å². The summed E-state index contributed by atoms with van der Waals surface area (Å²) >= 11 is 0. The van der Waals surface area contributed by atoms with Crippen LogP contribution in [0.15, 0.2) is 48.5 Å². The van der Waals surface area contributed by atoms with E-state index in [2.05, 4.69) is 33.5 Å². The molecule has 404 valence electrons. The molecule has 7 amide bonds. The van der Waals surface area contributed by atoms with Gasteiger partial charge in [-0.25, -0.2) is 0 Å². The van der Waals surface area contributed by atoms with E-state index in [0.717, 1.165) is 74.3 Å². The maximum absolute atomic E-state index is 14.4. The predicted octanol–water partition coefficient (Wildman–Crippen LogP) is -3.09. The van der Waals surface area contributed by atoms with E-state index in [1.807, 2.05) is 0 Å². The number of phenols is 1. The number of phenolic OH excluding ortho intramolecular Hbond substituents is 1. The molecule has 73 heavy (non-hydrogen) atoms. The van der Waals surface area contributed by atoms with Crippen LogP contribution in [0.4, 0.5) is 0 Å². The molecule has 0 spiro atoms. The highest BCUT2D eigenvalue weighted by atomic mass is 16.5. The minimum atomic E-state index is -2.28. The molecule has 14 N–H and O–H groups in total. The second-order valence-corrected chi connectivity index (χ2v) is 19.2. The van der Waals surface area contributed by atoms with E-state index in [0.29, 0.717) is 12.4 Å². The van der Waals surface area contributed by atoms with E-state index in [9.17, 15) is 79.5 Å². The number of nitrogens with one attached hydrogen (secondary N) is 5. The van der Waals surface area contributed by atoms with Gasteiger partial charge in [0, 0.05) is 37.4 Å². The lowest BCUT2D eigenvalue weighted by Crippen LogP contribution is -2.64. The van der Waals surface area contributed by atoms with Crippen molar-refractivity contribution in [2.75, 3.05) is 19.7 Å². The number of amides is 7. The molecule has 0 saturated carbocycles. The molecule has 3 aliphatic rings. The molecule has 0 bridgehead atoms. The number of benzene rings is 2. The Morgan fingerprint density at radius 3 is 1.89 bits per heavy atom. The van der Waals surface area contributed by atoms with E-state index < -0.39 is 152 Å². The molecule has 24 heteroatoms. The van der Waals surface area contributed by atoms with E-state index in [4.69, 9.17) is 4.74 Å². The average Bonchev–Trinajstić information content (AvgIpc) is 3.90. The molecule has 15 atom stereocenters. The van der Waals surface area contributed by atoms with Gasteiger partial charge in [0.05, 0.1) is 31.0 Å². The Labute approximate surface area is 422 Å². The van der Waals surface area contributed by atoms with Gasteiger partial charge in [0.15, 0.2) is 6.23 Å². The SMILES string of the molecule is CCCCCCCCOc1ccc(C(=O)N[C@H]2C[C@@H](O)[C@H](O)NC(=O)[C@@H]3[C@@H](O)[C@@H](C)CN3C(=O)[C@H]([C@@H](C)O)NC(=O)C([C@H](O)[C@@H](O)c3ccc(O)cc3)NC(=O)[C@@H]3C[C@@H](O)CN3C(=O)C([C@@H](C)O)NC2=O)cc1. The lowest BCUT2D eigenvalue weighted by atomic mass is 9.96. The van der Waals surface area contributed by atoms with Crippen LogP contribution in [0.3, 0.4) is 0 Å². The van der Waals surface area contributed by atoms with Crippen molar-refractivity contribution in [1.82, 2.24) is 36.4 Å². The highest BCUT2D eigenvalue weighted by Gasteiger charge is 2.50. The molecule has 3 aliphatic heterocycles. The van der Waals surface area contributed by atoms with Crippen LogP contribution in [-0.2, 0) is 28.8 Å². The number of unbranched alkanes of at least 4 members (excludes halogenated alkanes) is 5. The summed E-state index contributed by atoms with van der Waals surface area (Å²) in [6, 6.07) is -1.02. The first-order chi connectivity index (χ1) is 34.5. The van der Waals surface area contributed by atoms with Crippen LogP contribution in [0.2, 0.25) is 0 Å². The zero-order chi connectivity index (χ0) is 53.8. The number of hydrogen-bond donors (Lipinski definition) is 14. The monoisotopic (exact) mass is 1030 g/mol. The largest absolute Gasteiger partial charge is 0.508 e. The molecule has 2 aromatic rings. The number of aromatic hydroxyl groups is 1. The molecule has 0 aromatic heterocycles. The fraction of sp³-hybridized carbons (Fsp3) is 0.612. The van der Waals surface area contributed by atoms with Crippen molar-refractivity contribution in [2.45, 2.75) is 164 Å². The van der Waals surface area contributed by atoms with Gasteiger partial charge in [0.25, 0.3) is 5.91 Å². The van der Waals surface area contributed by atoms with Crippen molar-refractivity contribution in [2.24, 2.45) is 5.92 Å². The predicted molar refractivity (Wildman–Crippen MR) is 256 cm³/mol. The van der Waals surface area contributed by atoms with Crippen LogP contribution in [0.1, 0.15) is 101 Å². The van der Waals surface area contributed by atoms with E-state index in [1.54, 1.807) is 0 Å². The molecule has 0 radical (unpaired) electrons. The van der Waals surface area contributed by atoms with Gasteiger partial charge < -0.3 is 87.1 Å². The Hall–Kier alpha value is -5.99. The number of carbonyl (C=O) groups is 7. The van der Waals surface area contributed by atoms with Crippen LogP contribution in [0.5, 0.6) is 11.5 Å². The third-order valence-corrected chi connectivity index (χ3v) is 13.4. The van der Waals surface area contributed by atoms with Crippen molar-refractivity contribution in [1.29, 1.82) is 0 Å². The summed E-state index contributed by atoms with van der Waals surface area (Å²) in [4.78, 5) is 101. The van der Waals surface area contributed by atoms with Crippen molar-refractivity contribution in [3.05, 3.63) is 59.7 Å². The summed E-state index contributed by atoms with van der Waals surface area (Å²) < 4.78 is 5.81. The average molecular weight is 1030 g/mol. The molecule has 3 heterocycles. The number of fused-ring (bicyclic) bond motifs is 2. The number of aliphatic hydroxyl groups is 8. The lowest BCUT2D eigenvalue weighted by Gasteiger charge is -2.34. The zero-order valence-electron chi connectivity index (χ0n) is 41.2. The maximum Gasteiger partial charge on any atom is 0.251 e. The summed E-state index contributed by atoms with van der Waals surface area (Å²) in [5.41, 5.74) is -0.0659. The summed E-state index contributed by atoms with van der Waals surface area (Å²) in [6.45, 7) is 5.28. The molecule has 3 saturated heterocycles. The minimum Gasteiger partial charge on any atom is -0.508 e. The second kappa shape index (κ2) is 26.3. The summed E-state index contributed by atoms with van der Waals surface area (Å²) in [6.07, 6.45) is -10.4. The second-order valence-electron chi connectivity index (χ2n) is 19.2. The number of ether oxygens (including phenoxy) is 1. The Kier molecular flexibility index (Phi) is 20.9. The van der Waals surface area contributed by atoms with Gasteiger partial charge in [0.1, 0.15) is 66.1 Å². The molecule has 0 aliphatic carbocycles. The number of carbonyl (C=O) groups excluding carboxylic acids is 7. The molecule has 2 unspecified atom stereocenters. The minimum absolute atomic E-state index is 0.00468. The summed E-state index contributed by atoms with van der Waals surface area (Å²) in [5, 5.41) is 110. The van der Waals surface area contributed by atoms with Crippen LogP contribution < -0.4 is 31.3 Å². The zero-order valence-corrected chi connectivity index (χ0v) is 41.2. The Balaban J connectivity index is 1.51. The Bertz CT molecular complexity index is 2220. The number of hydrogen-bond acceptors (Lipinski definition) is 17. The maximum atomic E-state index is 14.4. The molecular formula is C49H71N7O17. The van der Waals surface area contributed by atoms with Gasteiger partial charge in [-0.15, -0.1) is 0 Å².